The number of hydrogen-bond donors (Lipinski definition) is 3. The predicted molar refractivity (Wildman–Crippen MR) is 125 cm³/mol. The molecule has 0 aromatic heterocycles. The number of aliphatic imine (C=N–C) groups is 1. The van der Waals surface area contributed by atoms with E-state index >= 15 is 0 Å². The SMILES string of the molecule is CCNC(=NCCCc1ccc(O)cc1)NCCCOCC1CCOCC1.I. The number of ether oxygens (including phenoxy) is 2. The Bertz CT molecular complexity index is 534. The number of aromatic hydroxyl groups is 1. The smallest absolute Gasteiger partial charge is 0.191 e. The maximum atomic E-state index is 9.31. The molecule has 0 saturated carbocycles. The highest BCUT2D eigenvalue weighted by molar-refractivity contribution is 14.0. The van der Waals surface area contributed by atoms with Gasteiger partial charge in [-0.2, -0.15) is 0 Å². The van der Waals surface area contributed by atoms with Gasteiger partial charge in [0.1, 0.15) is 5.75 Å². The Morgan fingerprint density at radius 3 is 2.64 bits per heavy atom. The molecule has 6 nitrogen and oxygen atoms in total. The fraction of sp³-hybridized carbons (Fsp3) is 0.667. The zero-order valence-corrected chi connectivity index (χ0v) is 19.3. The summed E-state index contributed by atoms with van der Waals surface area (Å²) in [5.41, 5.74) is 1.22. The molecule has 1 fully saturated rings. The summed E-state index contributed by atoms with van der Waals surface area (Å²) in [5, 5.41) is 16.0. The van der Waals surface area contributed by atoms with Gasteiger partial charge in [-0.1, -0.05) is 12.1 Å². The van der Waals surface area contributed by atoms with Crippen LogP contribution in [0, 0.1) is 5.92 Å². The summed E-state index contributed by atoms with van der Waals surface area (Å²) >= 11 is 0. The molecule has 0 amide bonds. The number of phenols is 1. The van der Waals surface area contributed by atoms with Gasteiger partial charge in [-0.25, -0.2) is 0 Å². The molecule has 3 N–H and O–H groups in total. The van der Waals surface area contributed by atoms with Crippen LogP contribution in [-0.2, 0) is 15.9 Å². The van der Waals surface area contributed by atoms with Gasteiger partial charge in [0, 0.05) is 46.1 Å². The van der Waals surface area contributed by atoms with Crippen molar-refractivity contribution >= 4 is 29.9 Å². The second-order valence-electron chi connectivity index (χ2n) is 6.94. The summed E-state index contributed by atoms with van der Waals surface area (Å²) in [5.74, 6) is 1.85. The van der Waals surface area contributed by atoms with E-state index in [1.165, 1.54) is 5.56 Å². The molecule has 2 rings (SSSR count). The molecule has 28 heavy (non-hydrogen) atoms. The van der Waals surface area contributed by atoms with Crippen molar-refractivity contribution in [2.75, 3.05) is 46.1 Å². The van der Waals surface area contributed by atoms with Gasteiger partial charge in [0.15, 0.2) is 5.96 Å². The summed E-state index contributed by atoms with van der Waals surface area (Å²) in [6.45, 7) is 7.96. The Morgan fingerprint density at radius 1 is 1.18 bits per heavy atom. The summed E-state index contributed by atoms with van der Waals surface area (Å²) in [4.78, 5) is 4.63. The number of hydrogen-bond acceptors (Lipinski definition) is 4. The third-order valence-electron chi connectivity index (χ3n) is 4.63. The number of guanidine groups is 1. The zero-order valence-electron chi connectivity index (χ0n) is 17.0. The van der Waals surface area contributed by atoms with E-state index in [2.05, 4.69) is 22.5 Å². The minimum atomic E-state index is 0. The number of nitrogens with one attached hydrogen (secondary N) is 2. The first-order valence-electron chi connectivity index (χ1n) is 10.2. The number of aryl methyl sites for hydroxylation is 1. The molecule has 1 aromatic carbocycles. The molecule has 1 aliphatic heterocycles. The Kier molecular flexibility index (Phi) is 14.1. The maximum Gasteiger partial charge on any atom is 0.191 e. The average Bonchev–Trinajstić information content (AvgIpc) is 2.70. The van der Waals surface area contributed by atoms with Crippen LogP contribution in [0.4, 0.5) is 0 Å². The van der Waals surface area contributed by atoms with E-state index in [0.717, 1.165) is 84.1 Å². The fourth-order valence-corrected chi connectivity index (χ4v) is 3.02. The van der Waals surface area contributed by atoms with Crippen molar-refractivity contribution in [2.45, 2.75) is 39.0 Å². The summed E-state index contributed by atoms with van der Waals surface area (Å²) < 4.78 is 11.2. The van der Waals surface area contributed by atoms with Crippen LogP contribution in [0.15, 0.2) is 29.3 Å². The Hall–Kier alpha value is -1.06. The molecular formula is C21H36IN3O3. The van der Waals surface area contributed by atoms with Crippen molar-refractivity contribution in [3.63, 3.8) is 0 Å². The van der Waals surface area contributed by atoms with Crippen molar-refractivity contribution in [3.8, 4) is 5.75 Å². The summed E-state index contributed by atoms with van der Waals surface area (Å²) in [6, 6.07) is 7.38. The van der Waals surface area contributed by atoms with Crippen molar-refractivity contribution in [1.82, 2.24) is 10.6 Å². The first-order valence-corrected chi connectivity index (χ1v) is 10.2. The van der Waals surface area contributed by atoms with Crippen LogP contribution in [0.3, 0.4) is 0 Å². The number of phenolic OH excluding ortho intramolecular Hbond substituents is 1. The zero-order chi connectivity index (χ0) is 19.2. The van der Waals surface area contributed by atoms with E-state index in [1.54, 1.807) is 12.1 Å². The van der Waals surface area contributed by atoms with Crippen LogP contribution in [0.5, 0.6) is 5.75 Å². The highest BCUT2D eigenvalue weighted by atomic mass is 127. The van der Waals surface area contributed by atoms with Crippen molar-refractivity contribution < 1.29 is 14.6 Å². The fourth-order valence-electron chi connectivity index (χ4n) is 3.02. The van der Waals surface area contributed by atoms with Crippen LogP contribution in [0.25, 0.3) is 0 Å². The number of benzene rings is 1. The lowest BCUT2D eigenvalue weighted by Gasteiger charge is -2.21. The minimum absolute atomic E-state index is 0. The largest absolute Gasteiger partial charge is 0.508 e. The van der Waals surface area contributed by atoms with E-state index in [1.807, 2.05) is 12.1 Å². The number of nitrogens with zero attached hydrogens (tertiary/aromatic N) is 1. The Balaban J connectivity index is 0.00000392. The molecule has 1 aliphatic rings. The molecule has 0 radical (unpaired) electrons. The van der Waals surface area contributed by atoms with E-state index in [9.17, 15) is 5.11 Å². The molecule has 0 atom stereocenters. The van der Waals surface area contributed by atoms with Crippen LogP contribution in [-0.4, -0.2) is 57.1 Å². The molecular weight excluding hydrogens is 469 g/mol. The highest BCUT2D eigenvalue weighted by Crippen LogP contribution is 2.14. The van der Waals surface area contributed by atoms with E-state index in [-0.39, 0.29) is 24.0 Å². The lowest BCUT2D eigenvalue weighted by molar-refractivity contribution is 0.0203. The summed E-state index contributed by atoms with van der Waals surface area (Å²) in [7, 11) is 0. The van der Waals surface area contributed by atoms with Gasteiger partial charge in [0.05, 0.1) is 0 Å². The van der Waals surface area contributed by atoms with Gasteiger partial charge in [-0.15, -0.1) is 24.0 Å². The van der Waals surface area contributed by atoms with E-state index in [0.29, 0.717) is 11.7 Å². The van der Waals surface area contributed by atoms with Crippen LogP contribution >= 0.6 is 24.0 Å². The molecule has 0 unspecified atom stereocenters. The van der Waals surface area contributed by atoms with Crippen LogP contribution in [0.2, 0.25) is 0 Å². The monoisotopic (exact) mass is 505 g/mol. The normalized spacial score (nSPS) is 15.1. The first kappa shape index (κ1) is 25.0. The lowest BCUT2D eigenvalue weighted by atomic mass is 10.0. The molecule has 160 valence electrons. The van der Waals surface area contributed by atoms with Gasteiger partial charge in [-0.3, -0.25) is 4.99 Å². The standard InChI is InChI=1S/C21H35N3O3.HI/c1-2-22-21(23-12-3-5-18-6-8-20(25)9-7-18)24-13-4-14-27-17-19-10-15-26-16-11-19;/h6-9,19,25H,2-5,10-17H2,1H3,(H2,22,23,24);1H. The van der Waals surface area contributed by atoms with Crippen molar-refractivity contribution in [1.29, 1.82) is 0 Å². The molecule has 1 heterocycles. The minimum Gasteiger partial charge on any atom is -0.508 e. The van der Waals surface area contributed by atoms with Gasteiger partial charge < -0.3 is 25.2 Å². The maximum absolute atomic E-state index is 9.31. The third-order valence-corrected chi connectivity index (χ3v) is 4.63. The lowest BCUT2D eigenvalue weighted by Crippen LogP contribution is -2.38. The third kappa shape index (κ3) is 11.1. The number of halogens is 1. The van der Waals surface area contributed by atoms with Gasteiger partial charge in [-0.05, 0) is 62.6 Å². The van der Waals surface area contributed by atoms with E-state index < -0.39 is 0 Å². The van der Waals surface area contributed by atoms with E-state index in [4.69, 9.17) is 9.47 Å². The van der Waals surface area contributed by atoms with Crippen LogP contribution < -0.4 is 10.6 Å². The van der Waals surface area contributed by atoms with Crippen molar-refractivity contribution in [3.05, 3.63) is 29.8 Å². The quantitative estimate of drug-likeness (QED) is 0.186. The second kappa shape index (κ2) is 15.8. The van der Waals surface area contributed by atoms with Gasteiger partial charge in [0.25, 0.3) is 0 Å². The first-order chi connectivity index (χ1) is 13.3. The Labute approximate surface area is 186 Å². The predicted octanol–water partition coefficient (Wildman–Crippen LogP) is 3.33. The molecule has 0 bridgehead atoms. The Morgan fingerprint density at radius 2 is 1.93 bits per heavy atom. The average molecular weight is 505 g/mol. The molecule has 7 heteroatoms. The topological polar surface area (TPSA) is 75.1 Å². The molecule has 1 saturated heterocycles. The van der Waals surface area contributed by atoms with Gasteiger partial charge in [0.2, 0.25) is 0 Å². The van der Waals surface area contributed by atoms with Crippen LogP contribution in [0.1, 0.15) is 38.2 Å². The highest BCUT2D eigenvalue weighted by Gasteiger charge is 2.13. The second-order valence-corrected chi connectivity index (χ2v) is 6.94. The van der Waals surface area contributed by atoms with Crippen molar-refractivity contribution in [2.24, 2.45) is 10.9 Å². The van der Waals surface area contributed by atoms with Gasteiger partial charge >= 0.3 is 0 Å². The molecule has 0 aliphatic carbocycles. The molecule has 0 spiro atoms. The molecule has 1 aromatic rings. The number of rotatable bonds is 11. The summed E-state index contributed by atoms with van der Waals surface area (Å²) in [6.07, 6.45) is 5.17.